The number of ether oxygens (including phenoxy) is 1. The van der Waals surface area contributed by atoms with Gasteiger partial charge in [0.25, 0.3) is 0 Å². The molecule has 0 saturated carbocycles. The zero-order valence-corrected chi connectivity index (χ0v) is 25.6. The molecule has 0 aliphatic carbocycles. The van der Waals surface area contributed by atoms with Crippen molar-refractivity contribution < 1.29 is 9.53 Å². The number of hydrogen-bond acceptors (Lipinski definition) is 5. The Hall–Kier alpha value is -2.99. The summed E-state index contributed by atoms with van der Waals surface area (Å²) in [6, 6.07) is 22.6. The van der Waals surface area contributed by atoms with Gasteiger partial charge >= 0.3 is 0 Å². The molecule has 2 saturated heterocycles. The molecule has 0 amide bonds. The first-order chi connectivity index (χ1) is 19.9. The molecule has 5 heteroatoms. The number of nitrogens with zero attached hydrogens (tertiary/aromatic N) is 2. The van der Waals surface area contributed by atoms with E-state index in [1.54, 1.807) is 6.92 Å². The average Bonchev–Trinajstić information content (AvgIpc) is 3.72. The number of rotatable bonds is 10. The SMILES string of the molecule is CC(=O)C1CCCN1Cc1ccc(Cc2c(-c3ccc(OCCN4CCCC4)cc3)sc3cc(C)ccc23)cc1C. The minimum Gasteiger partial charge on any atom is -0.492 e. The molecule has 6 rings (SSSR count). The molecule has 1 aromatic heterocycles. The quantitative estimate of drug-likeness (QED) is 0.196. The number of carbonyl (C=O) groups excluding carboxylic acids is 1. The first-order valence-corrected chi connectivity index (χ1v) is 16.1. The van der Waals surface area contributed by atoms with E-state index in [0.29, 0.717) is 5.78 Å². The average molecular weight is 567 g/mol. The molecule has 4 nitrogen and oxygen atoms in total. The highest BCUT2D eigenvalue weighted by atomic mass is 32.1. The van der Waals surface area contributed by atoms with Crippen molar-refractivity contribution in [2.24, 2.45) is 0 Å². The van der Waals surface area contributed by atoms with E-state index in [-0.39, 0.29) is 6.04 Å². The van der Waals surface area contributed by atoms with Gasteiger partial charge in [0.05, 0.1) is 6.04 Å². The van der Waals surface area contributed by atoms with E-state index in [4.69, 9.17) is 4.74 Å². The fraction of sp³-hybridized carbons (Fsp3) is 0.417. The zero-order chi connectivity index (χ0) is 28.3. The molecule has 3 aromatic carbocycles. The summed E-state index contributed by atoms with van der Waals surface area (Å²) in [6.45, 7) is 12.2. The molecule has 2 fully saturated rings. The summed E-state index contributed by atoms with van der Waals surface area (Å²) in [5, 5.41) is 1.35. The van der Waals surface area contributed by atoms with Crippen LogP contribution in [0.3, 0.4) is 0 Å². The minimum absolute atomic E-state index is 0.0825. The smallest absolute Gasteiger partial charge is 0.146 e. The third kappa shape index (κ3) is 6.43. The molecule has 3 heterocycles. The van der Waals surface area contributed by atoms with Crippen LogP contribution in [0.5, 0.6) is 5.75 Å². The van der Waals surface area contributed by atoms with Crippen LogP contribution in [0.1, 0.15) is 60.4 Å². The lowest BCUT2D eigenvalue weighted by Crippen LogP contribution is -2.34. The molecular weight excluding hydrogens is 524 g/mol. The lowest BCUT2D eigenvalue weighted by atomic mass is 9.96. The van der Waals surface area contributed by atoms with Crippen molar-refractivity contribution in [3.63, 3.8) is 0 Å². The van der Waals surface area contributed by atoms with Crippen molar-refractivity contribution in [1.29, 1.82) is 0 Å². The molecule has 0 spiro atoms. The first-order valence-electron chi connectivity index (χ1n) is 15.2. The molecule has 214 valence electrons. The van der Waals surface area contributed by atoms with Gasteiger partial charge in [0.2, 0.25) is 0 Å². The third-order valence-electron chi connectivity index (χ3n) is 8.93. The van der Waals surface area contributed by atoms with Gasteiger partial charge in [0.15, 0.2) is 0 Å². The second-order valence-electron chi connectivity index (χ2n) is 12.0. The van der Waals surface area contributed by atoms with Crippen molar-refractivity contribution in [1.82, 2.24) is 9.80 Å². The highest BCUT2D eigenvalue weighted by Gasteiger charge is 2.28. The van der Waals surface area contributed by atoms with Crippen LogP contribution in [0.4, 0.5) is 0 Å². The van der Waals surface area contributed by atoms with E-state index in [0.717, 1.165) is 51.3 Å². The predicted molar refractivity (Wildman–Crippen MR) is 171 cm³/mol. The number of Topliss-reactive ketones (excluding diaryl/α,β-unsaturated/α-hetero) is 1. The van der Waals surface area contributed by atoms with Crippen LogP contribution in [-0.4, -0.2) is 54.4 Å². The van der Waals surface area contributed by atoms with Crippen LogP contribution in [0.25, 0.3) is 20.5 Å². The van der Waals surface area contributed by atoms with Gasteiger partial charge in [0.1, 0.15) is 18.1 Å². The van der Waals surface area contributed by atoms with Gasteiger partial charge in [0, 0.05) is 22.7 Å². The summed E-state index contributed by atoms with van der Waals surface area (Å²) >= 11 is 1.90. The maximum atomic E-state index is 12.1. The van der Waals surface area contributed by atoms with E-state index < -0.39 is 0 Å². The normalized spacial score (nSPS) is 18.0. The monoisotopic (exact) mass is 566 g/mol. The number of ketones is 1. The third-order valence-corrected chi connectivity index (χ3v) is 10.2. The molecule has 41 heavy (non-hydrogen) atoms. The predicted octanol–water partition coefficient (Wildman–Crippen LogP) is 7.80. The molecule has 1 unspecified atom stereocenters. The zero-order valence-electron chi connectivity index (χ0n) is 24.7. The van der Waals surface area contributed by atoms with E-state index in [1.165, 1.54) is 74.3 Å². The van der Waals surface area contributed by atoms with Gasteiger partial charge in [-0.2, -0.15) is 0 Å². The summed E-state index contributed by atoms with van der Waals surface area (Å²) < 4.78 is 7.44. The molecule has 0 bridgehead atoms. The highest BCUT2D eigenvalue weighted by molar-refractivity contribution is 7.22. The van der Waals surface area contributed by atoms with E-state index in [2.05, 4.69) is 84.3 Å². The number of fused-ring (bicyclic) bond motifs is 1. The topological polar surface area (TPSA) is 32.8 Å². The Kier molecular flexibility index (Phi) is 8.57. The van der Waals surface area contributed by atoms with Crippen molar-refractivity contribution in [2.45, 2.75) is 65.5 Å². The van der Waals surface area contributed by atoms with Crippen LogP contribution in [-0.2, 0) is 17.8 Å². The van der Waals surface area contributed by atoms with Crippen molar-refractivity contribution in [3.05, 3.63) is 88.5 Å². The van der Waals surface area contributed by atoms with Crippen molar-refractivity contribution in [2.75, 3.05) is 32.8 Å². The van der Waals surface area contributed by atoms with Crippen LogP contribution >= 0.6 is 11.3 Å². The van der Waals surface area contributed by atoms with E-state index in [1.807, 2.05) is 11.3 Å². The van der Waals surface area contributed by atoms with Gasteiger partial charge in [-0.1, -0.05) is 30.3 Å². The summed E-state index contributed by atoms with van der Waals surface area (Å²) in [4.78, 5) is 18.3. The molecule has 0 radical (unpaired) electrons. The second kappa shape index (κ2) is 12.5. The van der Waals surface area contributed by atoms with Gasteiger partial charge in [-0.25, -0.2) is 0 Å². The fourth-order valence-electron chi connectivity index (χ4n) is 6.61. The second-order valence-corrected chi connectivity index (χ2v) is 13.1. The fourth-order valence-corrected chi connectivity index (χ4v) is 7.94. The number of hydrogen-bond donors (Lipinski definition) is 0. The lowest BCUT2D eigenvalue weighted by molar-refractivity contribution is -0.121. The number of aryl methyl sites for hydroxylation is 2. The Morgan fingerprint density at radius 3 is 2.51 bits per heavy atom. The maximum Gasteiger partial charge on any atom is 0.146 e. The minimum atomic E-state index is 0.0825. The number of benzene rings is 3. The lowest BCUT2D eigenvalue weighted by Gasteiger charge is -2.23. The van der Waals surface area contributed by atoms with Crippen molar-refractivity contribution >= 4 is 27.2 Å². The summed E-state index contributed by atoms with van der Waals surface area (Å²) in [6.07, 6.45) is 5.63. The number of thiophene rings is 1. The first kappa shape index (κ1) is 28.1. The number of carbonyl (C=O) groups is 1. The van der Waals surface area contributed by atoms with Gasteiger partial charge in [-0.3, -0.25) is 14.6 Å². The highest BCUT2D eigenvalue weighted by Crippen LogP contribution is 2.41. The Bertz CT molecular complexity index is 1520. The Labute approximate surface area is 248 Å². The molecular formula is C36H42N2O2S. The Morgan fingerprint density at radius 2 is 1.76 bits per heavy atom. The maximum absolute atomic E-state index is 12.1. The largest absolute Gasteiger partial charge is 0.492 e. The summed E-state index contributed by atoms with van der Waals surface area (Å²) in [5.74, 6) is 1.24. The van der Waals surface area contributed by atoms with Crippen LogP contribution in [0.2, 0.25) is 0 Å². The number of likely N-dealkylation sites (tertiary alicyclic amines) is 2. The Balaban J connectivity index is 1.22. The standard InChI is InChI=1S/C36H42N2O2S/c1-25-8-15-32-33(23-28-9-10-30(26(2)22-28)24-38-18-6-7-34(38)27(3)39)36(41-35(32)21-25)29-11-13-31(14-12-29)40-20-19-37-16-4-5-17-37/h8-15,21-22,34H,4-7,16-20,23-24H2,1-3H3. The molecule has 2 aliphatic rings. The Morgan fingerprint density at radius 1 is 0.951 bits per heavy atom. The summed E-state index contributed by atoms with van der Waals surface area (Å²) in [7, 11) is 0. The van der Waals surface area contributed by atoms with E-state index >= 15 is 0 Å². The van der Waals surface area contributed by atoms with Gasteiger partial charge in [-0.05, 0) is 142 Å². The molecule has 4 aromatic rings. The van der Waals surface area contributed by atoms with Crippen LogP contribution in [0, 0.1) is 13.8 Å². The molecule has 0 N–H and O–H groups in total. The van der Waals surface area contributed by atoms with Gasteiger partial charge < -0.3 is 4.74 Å². The van der Waals surface area contributed by atoms with Gasteiger partial charge in [-0.15, -0.1) is 11.3 Å². The van der Waals surface area contributed by atoms with E-state index in [9.17, 15) is 4.79 Å². The molecule has 2 aliphatic heterocycles. The van der Waals surface area contributed by atoms with Crippen LogP contribution in [0.15, 0.2) is 60.7 Å². The molecule has 1 atom stereocenters. The van der Waals surface area contributed by atoms with Crippen molar-refractivity contribution in [3.8, 4) is 16.2 Å². The van der Waals surface area contributed by atoms with Crippen LogP contribution < -0.4 is 4.74 Å². The summed E-state index contributed by atoms with van der Waals surface area (Å²) in [5.41, 5.74) is 7.92.